The van der Waals surface area contributed by atoms with Crippen LogP contribution in [0.15, 0.2) is 65.6 Å². The molecule has 4 N–H and O–H groups in total. The summed E-state index contributed by atoms with van der Waals surface area (Å²) < 4.78 is 3.06. The van der Waals surface area contributed by atoms with E-state index < -0.39 is 11.9 Å². The molecule has 2 amide bonds. The van der Waals surface area contributed by atoms with Crippen LogP contribution in [-0.2, 0) is 4.79 Å². The number of fused-ring (bicyclic) bond motifs is 2. The van der Waals surface area contributed by atoms with Crippen molar-refractivity contribution in [1.82, 2.24) is 29.8 Å². The van der Waals surface area contributed by atoms with E-state index in [2.05, 4.69) is 45.6 Å². The highest BCUT2D eigenvalue weighted by atomic mass is 16.2. The van der Waals surface area contributed by atoms with Gasteiger partial charge in [0, 0.05) is 23.2 Å². The second-order valence-corrected chi connectivity index (χ2v) is 9.34. The summed E-state index contributed by atoms with van der Waals surface area (Å²) in [5.74, 6) is 5.72. The number of allylic oxidation sites excluding steroid dienone is 4. The van der Waals surface area contributed by atoms with E-state index in [9.17, 15) is 14.4 Å². The number of rotatable bonds is 6. The minimum absolute atomic E-state index is 0.0653. The third-order valence-electron chi connectivity index (χ3n) is 6.54. The minimum atomic E-state index is -0.572. The molecule has 3 aromatic heterocycles. The second kappa shape index (κ2) is 10.7. The lowest BCUT2D eigenvalue weighted by atomic mass is 9.98. The Morgan fingerprint density at radius 1 is 1.31 bits per heavy atom. The van der Waals surface area contributed by atoms with Gasteiger partial charge in [-0.2, -0.15) is 5.10 Å². The Bertz CT molecular complexity index is 1790. The average Bonchev–Trinajstić information content (AvgIpc) is 3.26. The van der Waals surface area contributed by atoms with Gasteiger partial charge in [-0.1, -0.05) is 43.0 Å². The van der Waals surface area contributed by atoms with Gasteiger partial charge >= 0.3 is 0 Å². The van der Waals surface area contributed by atoms with Crippen molar-refractivity contribution in [3.05, 3.63) is 88.1 Å². The van der Waals surface area contributed by atoms with Crippen molar-refractivity contribution in [2.45, 2.75) is 26.3 Å². The number of amides is 2. The Morgan fingerprint density at radius 3 is 2.95 bits per heavy atom. The largest absolute Gasteiger partial charge is 0.382 e. The van der Waals surface area contributed by atoms with Crippen LogP contribution in [0.2, 0.25) is 0 Å². The smallest absolute Gasteiger partial charge is 0.274 e. The molecule has 2 atom stereocenters. The number of nitrogens with two attached hydrogens (primary N) is 1. The van der Waals surface area contributed by atoms with Crippen LogP contribution in [0, 0.1) is 17.8 Å². The Balaban J connectivity index is 1.62. The van der Waals surface area contributed by atoms with Crippen molar-refractivity contribution in [2.75, 3.05) is 12.3 Å². The first-order valence-corrected chi connectivity index (χ1v) is 12.5. The number of nitrogen functional groups attached to an aromatic ring is 1. The number of benzene rings is 1. The molecule has 0 saturated heterocycles. The molecular formula is C29H27N7O3. The van der Waals surface area contributed by atoms with Gasteiger partial charge in [0.15, 0.2) is 17.2 Å². The highest BCUT2D eigenvalue weighted by Crippen LogP contribution is 2.28. The third-order valence-corrected chi connectivity index (χ3v) is 6.54. The predicted molar refractivity (Wildman–Crippen MR) is 150 cm³/mol. The number of anilines is 1. The van der Waals surface area contributed by atoms with Gasteiger partial charge in [-0.3, -0.25) is 19.0 Å². The topological polar surface area (TPSA) is 136 Å². The number of aromatic nitrogens is 4. The van der Waals surface area contributed by atoms with Crippen LogP contribution in [0.1, 0.15) is 48.1 Å². The van der Waals surface area contributed by atoms with E-state index in [0.29, 0.717) is 40.5 Å². The van der Waals surface area contributed by atoms with E-state index in [4.69, 9.17) is 5.73 Å². The predicted octanol–water partition coefficient (Wildman–Crippen LogP) is 2.65. The Hall–Kier alpha value is -5.17. The van der Waals surface area contributed by atoms with Crippen molar-refractivity contribution in [3.63, 3.8) is 0 Å². The molecule has 39 heavy (non-hydrogen) atoms. The number of imidazole rings is 1. The summed E-state index contributed by atoms with van der Waals surface area (Å²) >= 11 is 0. The maximum absolute atomic E-state index is 14.1. The van der Waals surface area contributed by atoms with Crippen LogP contribution in [0.4, 0.5) is 5.82 Å². The molecule has 4 aromatic rings. The molecule has 0 radical (unpaired) electrons. The van der Waals surface area contributed by atoms with Crippen LogP contribution < -0.4 is 21.9 Å². The highest BCUT2D eigenvalue weighted by molar-refractivity contribution is 5.98. The molecule has 10 heteroatoms. The molecule has 196 valence electrons. The molecule has 0 aliphatic heterocycles. The van der Waals surface area contributed by atoms with Gasteiger partial charge in [0.05, 0.1) is 18.0 Å². The zero-order valence-corrected chi connectivity index (χ0v) is 21.5. The van der Waals surface area contributed by atoms with Gasteiger partial charge in [0.2, 0.25) is 6.41 Å². The van der Waals surface area contributed by atoms with E-state index in [1.165, 1.54) is 4.52 Å². The summed E-state index contributed by atoms with van der Waals surface area (Å²) in [5, 5.41) is 10.9. The summed E-state index contributed by atoms with van der Waals surface area (Å²) in [6, 6.07) is 10.2. The van der Waals surface area contributed by atoms with Gasteiger partial charge in [-0.15, -0.1) is 0 Å². The maximum atomic E-state index is 14.1. The second-order valence-electron chi connectivity index (χ2n) is 9.34. The van der Waals surface area contributed by atoms with Crippen molar-refractivity contribution < 1.29 is 9.59 Å². The van der Waals surface area contributed by atoms with Gasteiger partial charge in [-0.05, 0) is 55.0 Å². The Kier molecular flexibility index (Phi) is 6.97. The zero-order chi connectivity index (χ0) is 27.5. The van der Waals surface area contributed by atoms with Crippen LogP contribution in [0.5, 0.6) is 0 Å². The number of hydrogen-bond donors (Lipinski definition) is 3. The highest BCUT2D eigenvalue weighted by Gasteiger charge is 2.24. The van der Waals surface area contributed by atoms with Crippen molar-refractivity contribution in [3.8, 4) is 11.8 Å². The third kappa shape index (κ3) is 4.90. The number of nitrogens with one attached hydrogen (secondary N) is 2. The Labute approximate surface area is 224 Å². The van der Waals surface area contributed by atoms with Gasteiger partial charge in [0.1, 0.15) is 0 Å². The molecule has 1 aliphatic rings. The van der Waals surface area contributed by atoms with Crippen molar-refractivity contribution >= 4 is 40.3 Å². The summed E-state index contributed by atoms with van der Waals surface area (Å²) in [6.07, 6.45) is 8.71. The summed E-state index contributed by atoms with van der Waals surface area (Å²) in [5.41, 5.74) is 8.40. The fourth-order valence-electron chi connectivity index (χ4n) is 4.78. The molecule has 0 fully saturated rings. The van der Waals surface area contributed by atoms with E-state index in [-0.39, 0.29) is 29.5 Å². The first-order valence-electron chi connectivity index (χ1n) is 12.5. The molecule has 0 bridgehead atoms. The van der Waals surface area contributed by atoms with Gasteiger partial charge in [0.25, 0.3) is 11.5 Å². The first kappa shape index (κ1) is 25.5. The number of pyridine rings is 1. The first-order chi connectivity index (χ1) is 18.9. The molecular weight excluding hydrogens is 494 g/mol. The summed E-state index contributed by atoms with van der Waals surface area (Å²) in [7, 11) is 0. The van der Waals surface area contributed by atoms with E-state index in [1.807, 2.05) is 37.3 Å². The van der Waals surface area contributed by atoms with Crippen LogP contribution in [0.3, 0.4) is 0 Å². The summed E-state index contributed by atoms with van der Waals surface area (Å²) in [6.45, 7) is 4.07. The lowest BCUT2D eigenvalue weighted by Gasteiger charge is -2.24. The number of nitrogens with zero attached hydrogens (tertiary/aromatic N) is 4. The Morgan fingerprint density at radius 2 is 2.15 bits per heavy atom. The monoisotopic (exact) mass is 521 g/mol. The van der Waals surface area contributed by atoms with E-state index >= 15 is 0 Å². The fourth-order valence-corrected chi connectivity index (χ4v) is 4.78. The molecule has 1 unspecified atom stereocenters. The zero-order valence-electron chi connectivity index (χ0n) is 21.5. The molecule has 10 nitrogen and oxygen atoms in total. The quantitative estimate of drug-likeness (QED) is 0.203. The van der Waals surface area contributed by atoms with Gasteiger partial charge < -0.3 is 16.4 Å². The number of carbonyl (C=O) groups is 2. The normalized spacial score (nSPS) is 15.3. The summed E-state index contributed by atoms with van der Waals surface area (Å²) in [4.78, 5) is 42.3. The van der Waals surface area contributed by atoms with Crippen LogP contribution >= 0.6 is 0 Å². The number of hydrogen-bond acceptors (Lipinski definition) is 6. The average molecular weight is 522 g/mol. The lowest BCUT2D eigenvalue weighted by molar-refractivity contribution is -0.109. The van der Waals surface area contributed by atoms with Gasteiger partial charge in [-0.25, -0.2) is 9.50 Å². The molecule has 3 heterocycles. The molecule has 0 saturated carbocycles. The standard InChI is InChI=1S/C29H27N7O3/c1-18-7-3-11-22(15-18)35-23(16-21-9-4-8-20(25(21)29(35)39)10-5-13-31-17-37)19(2)33-28(38)26-27(30)34-24-12-6-14-32-36(24)26/h3-4,6-9,11-12,14,16-19H,13,15,30H2,1-2H3,(H,31,37)(H,33,38)/t18?,19-/m0/s1. The number of carbonyl (C=O) groups excluding carboxylic acids is 2. The fraction of sp³-hybridized carbons (Fsp3) is 0.207. The molecule has 5 rings (SSSR count). The van der Waals surface area contributed by atoms with E-state index in [0.717, 1.165) is 5.70 Å². The van der Waals surface area contributed by atoms with Crippen molar-refractivity contribution in [1.29, 1.82) is 0 Å². The van der Waals surface area contributed by atoms with Crippen LogP contribution in [0.25, 0.3) is 22.1 Å². The van der Waals surface area contributed by atoms with E-state index in [1.54, 1.807) is 29.0 Å². The maximum Gasteiger partial charge on any atom is 0.274 e. The van der Waals surface area contributed by atoms with Crippen LogP contribution in [-0.4, -0.2) is 38.0 Å². The molecule has 1 aliphatic carbocycles. The van der Waals surface area contributed by atoms with Crippen molar-refractivity contribution in [2.24, 2.45) is 5.92 Å². The molecule has 0 spiro atoms. The SMILES string of the molecule is CC1C=CC=C(n2c([C@H](C)NC(=O)c3c(N)nc4cccnn34)cc3cccc(C#CCNC=O)c3c2=O)C1. The lowest BCUT2D eigenvalue weighted by Crippen LogP contribution is -2.34. The minimum Gasteiger partial charge on any atom is -0.382 e. The molecule has 1 aromatic carbocycles.